The van der Waals surface area contributed by atoms with Crippen LogP contribution in [0, 0.1) is 10.8 Å². The van der Waals surface area contributed by atoms with E-state index < -0.39 is 19.2 Å². The summed E-state index contributed by atoms with van der Waals surface area (Å²) in [6, 6.07) is 0. The minimum atomic E-state index is -4.43. The number of carbonyl (C=O) groups is 1. The summed E-state index contributed by atoms with van der Waals surface area (Å²) < 4.78 is 21.4. The lowest BCUT2D eigenvalue weighted by atomic mass is 9.78. The molecular weight excluding hydrogens is 383 g/mol. The number of unbranched alkanes of at least 4 members (excludes halogenated alkanes) is 2. The molecule has 0 aliphatic rings. The van der Waals surface area contributed by atoms with E-state index in [9.17, 15) is 14.5 Å². The maximum Gasteiger partial charge on any atom is 0.469 e. The molecule has 168 valence electrons. The van der Waals surface area contributed by atoms with Gasteiger partial charge in [0.25, 0.3) is 0 Å². The number of carboxylic acids is 1. The van der Waals surface area contributed by atoms with E-state index in [1.54, 1.807) is 0 Å². The Morgan fingerprint density at radius 3 is 1.75 bits per heavy atom. The fourth-order valence-electron chi connectivity index (χ4n) is 3.59. The highest BCUT2D eigenvalue weighted by Crippen LogP contribution is 2.42. The van der Waals surface area contributed by atoms with Gasteiger partial charge in [-0.05, 0) is 56.8 Å². The van der Waals surface area contributed by atoms with Gasteiger partial charge < -0.3 is 19.6 Å². The van der Waals surface area contributed by atoms with E-state index >= 15 is 0 Å². The fourth-order valence-corrected chi connectivity index (χ4v) is 4.03. The number of aliphatic carboxylic acids is 1. The van der Waals surface area contributed by atoms with Crippen molar-refractivity contribution in [1.29, 1.82) is 0 Å². The number of rotatable bonds is 18. The number of hydrogen-bond acceptors (Lipinski definition) is 4. The molecule has 28 heavy (non-hydrogen) atoms. The minimum absolute atomic E-state index is 0.0747. The first kappa shape index (κ1) is 27.5. The lowest BCUT2D eigenvalue weighted by Crippen LogP contribution is -2.29. The van der Waals surface area contributed by atoms with E-state index in [0.717, 1.165) is 44.9 Å². The van der Waals surface area contributed by atoms with E-state index in [4.69, 9.17) is 19.0 Å². The molecular formula is C20H41O7P. The van der Waals surface area contributed by atoms with Crippen molar-refractivity contribution in [3.63, 3.8) is 0 Å². The van der Waals surface area contributed by atoms with Crippen LogP contribution in [0.5, 0.6) is 0 Å². The Hall–Kier alpha value is -0.460. The van der Waals surface area contributed by atoms with E-state index in [-0.39, 0.29) is 12.0 Å². The van der Waals surface area contributed by atoms with E-state index in [0.29, 0.717) is 32.5 Å². The summed E-state index contributed by atoms with van der Waals surface area (Å²) in [7, 11) is -4.43. The minimum Gasteiger partial charge on any atom is -0.481 e. The summed E-state index contributed by atoms with van der Waals surface area (Å²) in [5, 5.41) is 9.43. The number of carboxylic acid groups (broad SMARTS) is 1. The molecule has 0 bridgehead atoms. The van der Waals surface area contributed by atoms with E-state index in [1.807, 2.05) is 27.7 Å². The Labute approximate surface area is 170 Å². The van der Waals surface area contributed by atoms with E-state index in [2.05, 4.69) is 0 Å². The van der Waals surface area contributed by atoms with Crippen LogP contribution in [0.4, 0.5) is 0 Å². The second-order valence-electron chi connectivity index (χ2n) is 7.79. The maximum atomic E-state index is 11.5. The van der Waals surface area contributed by atoms with Gasteiger partial charge in [-0.15, -0.1) is 0 Å². The summed E-state index contributed by atoms with van der Waals surface area (Å²) in [5.41, 5.74) is -0.805. The first-order valence-electron chi connectivity index (χ1n) is 10.6. The Kier molecular flexibility index (Phi) is 13.5. The van der Waals surface area contributed by atoms with Gasteiger partial charge in [0.05, 0.1) is 12.0 Å². The number of phosphoric ester groups is 1. The highest BCUT2D eigenvalue weighted by atomic mass is 31.2. The van der Waals surface area contributed by atoms with Crippen LogP contribution in [0.1, 0.15) is 91.9 Å². The largest absolute Gasteiger partial charge is 0.481 e. The quantitative estimate of drug-likeness (QED) is 0.206. The first-order chi connectivity index (χ1) is 13.1. The molecule has 0 aromatic heterocycles. The van der Waals surface area contributed by atoms with Crippen molar-refractivity contribution in [3.05, 3.63) is 0 Å². The van der Waals surface area contributed by atoms with Gasteiger partial charge in [-0.2, -0.15) is 0 Å². The molecule has 0 saturated heterocycles. The van der Waals surface area contributed by atoms with Gasteiger partial charge >= 0.3 is 13.8 Å². The monoisotopic (exact) mass is 424 g/mol. The van der Waals surface area contributed by atoms with Gasteiger partial charge in [0.15, 0.2) is 0 Å². The third kappa shape index (κ3) is 10.4. The molecule has 0 spiro atoms. The van der Waals surface area contributed by atoms with Crippen molar-refractivity contribution >= 4 is 13.8 Å². The zero-order valence-electron chi connectivity index (χ0n) is 18.1. The van der Waals surface area contributed by atoms with Crippen molar-refractivity contribution in [3.8, 4) is 0 Å². The second-order valence-corrected chi connectivity index (χ2v) is 9.03. The Bertz CT molecular complexity index is 467. The van der Waals surface area contributed by atoms with Crippen LogP contribution in [-0.2, 0) is 18.6 Å². The van der Waals surface area contributed by atoms with Crippen LogP contribution in [0.25, 0.3) is 0 Å². The van der Waals surface area contributed by atoms with Gasteiger partial charge in [0.2, 0.25) is 0 Å². The predicted molar refractivity (Wildman–Crippen MR) is 110 cm³/mol. The summed E-state index contributed by atoms with van der Waals surface area (Å²) in [4.78, 5) is 29.3. The molecule has 7 nitrogen and oxygen atoms in total. The van der Waals surface area contributed by atoms with Crippen molar-refractivity contribution in [2.24, 2.45) is 10.8 Å². The van der Waals surface area contributed by atoms with Gasteiger partial charge in [-0.3, -0.25) is 9.32 Å². The average Bonchev–Trinajstić information content (AvgIpc) is 2.65. The predicted octanol–water partition coefficient (Wildman–Crippen LogP) is 5.15. The Morgan fingerprint density at radius 2 is 1.36 bits per heavy atom. The molecule has 0 unspecified atom stereocenters. The summed E-state index contributed by atoms with van der Waals surface area (Å²) in [6.07, 6.45) is 7.98. The molecule has 3 N–H and O–H groups in total. The highest BCUT2D eigenvalue weighted by molar-refractivity contribution is 7.46. The molecule has 0 aromatic carbocycles. The summed E-state index contributed by atoms with van der Waals surface area (Å²) >= 11 is 0. The zero-order chi connectivity index (χ0) is 21.7. The van der Waals surface area contributed by atoms with Crippen molar-refractivity contribution in [2.75, 3.05) is 19.8 Å². The summed E-state index contributed by atoms with van der Waals surface area (Å²) in [6.45, 7) is 9.27. The molecule has 0 rings (SSSR count). The van der Waals surface area contributed by atoms with Crippen LogP contribution in [0.2, 0.25) is 0 Å². The molecule has 0 aromatic rings. The van der Waals surface area contributed by atoms with Crippen LogP contribution in [0.3, 0.4) is 0 Å². The first-order valence-corrected chi connectivity index (χ1v) is 12.1. The zero-order valence-corrected chi connectivity index (χ0v) is 19.0. The third-order valence-corrected chi connectivity index (χ3v) is 6.75. The Balaban J connectivity index is 4.01. The maximum absolute atomic E-state index is 11.5. The second kappa shape index (κ2) is 13.7. The van der Waals surface area contributed by atoms with Crippen molar-refractivity contribution in [2.45, 2.75) is 91.9 Å². The van der Waals surface area contributed by atoms with Crippen LogP contribution in [0.15, 0.2) is 0 Å². The average molecular weight is 425 g/mol. The molecule has 0 radical (unpaired) electrons. The van der Waals surface area contributed by atoms with Crippen molar-refractivity contribution < 1.29 is 33.5 Å². The molecule has 0 atom stereocenters. The molecule has 0 aliphatic carbocycles. The van der Waals surface area contributed by atoms with Crippen molar-refractivity contribution in [1.82, 2.24) is 0 Å². The standard InChI is InChI=1S/C20H41O7P/c1-5-19(6-2,17-27-28(23,24)25)13-9-11-15-26-16-12-10-14-20(7-3,8-4)18(21)22/h5-17H2,1-4H3,(H,21,22)(H2,23,24,25). The third-order valence-electron chi connectivity index (χ3n) is 6.29. The van der Waals surface area contributed by atoms with E-state index in [1.165, 1.54) is 0 Å². The summed E-state index contributed by atoms with van der Waals surface area (Å²) in [5.74, 6) is -0.698. The van der Waals surface area contributed by atoms with Crippen LogP contribution in [-0.4, -0.2) is 40.7 Å². The molecule has 0 heterocycles. The lowest BCUT2D eigenvalue weighted by molar-refractivity contribution is -0.150. The Morgan fingerprint density at radius 1 is 0.857 bits per heavy atom. The van der Waals surface area contributed by atoms with Gasteiger partial charge in [-0.25, -0.2) is 4.57 Å². The smallest absolute Gasteiger partial charge is 0.469 e. The van der Waals surface area contributed by atoms with Gasteiger partial charge in [0.1, 0.15) is 0 Å². The van der Waals surface area contributed by atoms with Gasteiger partial charge in [-0.1, -0.05) is 40.5 Å². The SMILES string of the molecule is CCC(CC)(CCCCOCCCCC(CC)(CC)C(=O)O)COP(=O)(O)O. The molecule has 8 heteroatoms. The normalized spacial score (nSPS) is 13.1. The topological polar surface area (TPSA) is 113 Å². The number of hydrogen-bond donors (Lipinski definition) is 3. The molecule has 0 fully saturated rings. The van der Waals surface area contributed by atoms with Crippen LogP contribution >= 0.6 is 7.82 Å². The number of phosphoric acid groups is 1. The number of ether oxygens (including phenoxy) is 1. The lowest BCUT2D eigenvalue weighted by Gasteiger charge is -2.31. The molecule has 0 aliphatic heterocycles. The fraction of sp³-hybridized carbons (Fsp3) is 0.950. The molecule has 0 amide bonds. The highest BCUT2D eigenvalue weighted by Gasteiger charge is 2.33. The van der Waals surface area contributed by atoms with Crippen LogP contribution < -0.4 is 0 Å². The van der Waals surface area contributed by atoms with Gasteiger partial charge in [0, 0.05) is 13.2 Å². The molecule has 0 saturated carbocycles.